The first-order valence-electron chi connectivity index (χ1n) is 13.3. The predicted octanol–water partition coefficient (Wildman–Crippen LogP) is 0.827. The van der Waals surface area contributed by atoms with E-state index >= 15 is 0 Å². The van der Waals surface area contributed by atoms with Crippen molar-refractivity contribution in [3.63, 3.8) is 0 Å². The summed E-state index contributed by atoms with van der Waals surface area (Å²) < 4.78 is 0. The molecular formula is C30H33N3O7. The number of aryl methyl sites for hydroxylation is 2. The Bertz CT molecular complexity index is 1470. The van der Waals surface area contributed by atoms with Gasteiger partial charge in [-0.3, -0.25) is 33.9 Å². The molecule has 0 radical (unpaired) electrons. The molecule has 0 saturated heterocycles. The largest absolute Gasteiger partial charge is 0.507 e. The smallest absolute Gasteiger partial charge is 0.235 e. The number of hydrogen-bond donors (Lipinski definition) is 3. The predicted molar refractivity (Wildman–Crippen MR) is 142 cm³/mol. The van der Waals surface area contributed by atoms with E-state index in [9.17, 15) is 34.2 Å². The first-order valence-corrected chi connectivity index (χ1v) is 13.3. The first kappa shape index (κ1) is 27.8. The number of aliphatic hydroxyl groups is 1. The summed E-state index contributed by atoms with van der Waals surface area (Å²) in [6, 6.07) is 7.57. The molecule has 40 heavy (non-hydrogen) atoms. The lowest BCUT2D eigenvalue weighted by Crippen LogP contribution is -2.79. The van der Waals surface area contributed by atoms with Gasteiger partial charge in [-0.1, -0.05) is 26.0 Å². The quantitative estimate of drug-likeness (QED) is 0.459. The number of nitrogens with zero attached hydrogens (tertiary/aromatic N) is 2. The molecule has 6 atom stereocenters. The molecule has 2 unspecified atom stereocenters. The highest BCUT2D eigenvalue weighted by atomic mass is 16.3. The van der Waals surface area contributed by atoms with E-state index in [1.54, 1.807) is 33.3 Å². The zero-order valence-electron chi connectivity index (χ0n) is 22.9. The van der Waals surface area contributed by atoms with Crippen molar-refractivity contribution in [2.75, 3.05) is 14.1 Å². The number of Topliss-reactive ketones (excluding diaryl/α,β-unsaturated/α-hetero) is 4. The second-order valence-electron chi connectivity index (χ2n) is 12.2. The van der Waals surface area contributed by atoms with Gasteiger partial charge >= 0.3 is 0 Å². The van der Waals surface area contributed by atoms with Gasteiger partial charge in [-0.25, -0.2) is 0 Å². The van der Waals surface area contributed by atoms with Gasteiger partial charge in [0, 0.05) is 17.3 Å². The van der Waals surface area contributed by atoms with Crippen LogP contribution in [0, 0.1) is 22.7 Å². The third-order valence-electron chi connectivity index (χ3n) is 9.34. The summed E-state index contributed by atoms with van der Waals surface area (Å²) in [5.74, 6) is -8.85. The maximum atomic E-state index is 14.2. The lowest BCUT2D eigenvalue weighted by atomic mass is 9.42. The maximum Gasteiger partial charge on any atom is 0.235 e. The van der Waals surface area contributed by atoms with Gasteiger partial charge in [-0.05, 0) is 74.5 Å². The average Bonchev–Trinajstić information content (AvgIpc) is 2.86. The number of ketones is 4. The van der Waals surface area contributed by atoms with E-state index in [0.717, 1.165) is 11.3 Å². The summed E-state index contributed by atoms with van der Waals surface area (Å²) in [5, 5.41) is 22.8. The third kappa shape index (κ3) is 3.62. The van der Waals surface area contributed by atoms with Crippen molar-refractivity contribution in [2.24, 2.45) is 28.4 Å². The van der Waals surface area contributed by atoms with Crippen LogP contribution in [0.5, 0.6) is 5.75 Å². The second kappa shape index (κ2) is 9.14. The molecule has 5 rings (SSSR count). The molecule has 4 N–H and O–H groups in total. The monoisotopic (exact) mass is 547 g/mol. The topological polar surface area (TPSA) is 168 Å². The van der Waals surface area contributed by atoms with Crippen LogP contribution in [-0.2, 0) is 38.4 Å². The van der Waals surface area contributed by atoms with E-state index in [1.807, 2.05) is 18.2 Å². The number of rotatable bonds is 5. The highest BCUT2D eigenvalue weighted by Gasteiger charge is 2.76. The molecule has 2 aromatic rings. The molecule has 10 heteroatoms. The summed E-state index contributed by atoms with van der Waals surface area (Å²) in [5.41, 5.74) is 2.14. The molecule has 0 bridgehead atoms. The molecule has 1 heterocycles. The van der Waals surface area contributed by atoms with E-state index in [1.165, 1.54) is 17.9 Å². The molecule has 2 saturated carbocycles. The summed E-state index contributed by atoms with van der Waals surface area (Å²) in [7, 11) is 3.13. The van der Waals surface area contributed by atoms with Crippen molar-refractivity contribution >= 4 is 29.0 Å². The van der Waals surface area contributed by atoms with Gasteiger partial charge in [-0.2, -0.15) is 0 Å². The molecule has 1 aromatic heterocycles. The minimum Gasteiger partial charge on any atom is -0.507 e. The number of likely N-dealkylation sites (N-methyl/N-ethyl adjacent to an activating group) is 1. The van der Waals surface area contributed by atoms with Crippen LogP contribution in [0.15, 0.2) is 36.5 Å². The van der Waals surface area contributed by atoms with Gasteiger partial charge < -0.3 is 15.9 Å². The Labute approximate surface area is 231 Å². The number of fused-ring (bicyclic) bond motifs is 3. The number of phenolic OH excluding ortho intramolecular Hbond substituents is 1. The molecule has 1 aromatic carbocycles. The van der Waals surface area contributed by atoms with Crippen molar-refractivity contribution in [1.82, 2.24) is 9.88 Å². The zero-order valence-corrected chi connectivity index (χ0v) is 22.9. The number of hydrogen-bond acceptors (Lipinski definition) is 9. The Balaban J connectivity index is 1.65. The fraction of sp³-hybridized carbons (Fsp3) is 0.467. The fourth-order valence-electron chi connectivity index (χ4n) is 7.82. The van der Waals surface area contributed by atoms with Gasteiger partial charge in [0.25, 0.3) is 0 Å². The number of nitrogens with two attached hydrogens (primary N) is 1. The number of amides is 1. The summed E-state index contributed by atoms with van der Waals surface area (Å²) >= 11 is 0. The van der Waals surface area contributed by atoms with Gasteiger partial charge in [0.1, 0.15) is 5.75 Å². The van der Waals surface area contributed by atoms with Gasteiger partial charge in [0.15, 0.2) is 34.7 Å². The Kier molecular flexibility index (Phi) is 6.35. The Morgan fingerprint density at radius 2 is 1.77 bits per heavy atom. The molecule has 10 nitrogen and oxygen atoms in total. The molecule has 3 aliphatic rings. The van der Waals surface area contributed by atoms with Crippen LogP contribution in [0.2, 0.25) is 0 Å². The second-order valence-corrected chi connectivity index (χ2v) is 12.2. The molecular weight excluding hydrogens is 514 g/mol. The highest BCUT2D eigenvalue weighted by molar-refractivity contribution is 6.33. The van der Waals surface area contributed by atoms with E-state index in [-0.39, 0.29) is 24.2 Å². The number of pyridine rings is 1. The zero-order chi connectivity index (χ0) is 29.4. The lowest BCUT2D eigenvalue weighted by molar-refractivity contribution is -0.203. The molecule has 210 valence electrons. The highest BCUT2D eigenvalue weighted by Crippen LogP contribution is 2.61. The van der Waals surface area contributed by atoms with Crippen molar-refractivity contribution in [3.05, 3.63) is 58.9 Å². The third-order valence-corrected chi connectivity index (χ3v) is 9.34. The maximum absolute atomic E-state index is 14.2. The van der Waals surface area contributed by atoms with Crippen LogP contribution in [0.25, 0.3) is 0 Å². The number of primary amides is 1. The average molecular weight is 548 g/mol. The summed E-state index contributed by atoms with van der Waals surface area (Å²) in [6.45, 7) is 3.24. The lowest BCUT2D eigenvalue weighted by Gasteiger charge is -2.61. The summed E-state index contributed by atoms with van der Waals surface area (Å²) in [6.07, 6.45) is 2.97. The van der Waals surface area contributed by atoms with Crippen LogP contribution in [0.3, 0.4) is 0 Å². The van der Waals surface area contributed by atoms with E-state index in [0.29, 0.717) is 18.4 Å². The molecule has 0 aliphatic heterocycles. The SMILES string of the molecule is CN(C)[C@@H]1C(=O)C(C(N)=O)C(=O)[C@@]2(O)C(=O)C3C(=O)c4c(O)ccc(CCc5ccccn5)c4C[C@@]3(C)C[C@@]12C. The van der Waals surface area contributed by atoms with E-state index in [4.69, 9.17) is 5.73 Å². The van der Waals surface area contributed by atoms with Crippen molar-refractivity contribution in [3.8, 4) is 5.75 Å². The fourth-order valence-corrected chi connectivity index (χ4v) is 7.82. The van der Waals surface area contributed by atoms with Crippen LogP contribution in [-0.4, -0.2) is 74.9 Å². The van der Waals surface area contributed by atoms with Gasteiger partial charge in [0.05, 0.1) is 17.5 Å². The number of carbonyl (C=O) groups excluding carboxylic acids is 5. The molecule has 1 amide bonds. The van der Waals surface area contributed by atoms with Crippen molar-refractivity contribution in [1.29, 1.82) is 0 Å². The number of aromatic hydroxyl groups is 1. The van der Waals surface area contributed by atoms with Crippen LogP contribution in [0.4, 0.5) is 0 Å². The molecule has 0 spiro atoms. The number of phenols is 1. The molecule has 3 aliphatic carbocycles. The number of aromatic nitrogens is 1. The number of benzene rings is 1. The standard InChI is InChI=1S/C30H33N3O7/c1-28-13-17-15(8-10-16-7-5-6-12-32-16)9-11-18(34)19(17)22(35)21(28)26(38)30(40)25(37)20(27(31)39)23(36)24(33(3)4)29(30,2)14-28/h5-7,9,11-12,20-21,24,34,40H,8,10,13-14H2,1-4H3,(H2,31,39)/t20?,21?,24-,28+,29+,30-/m1/s1. The Morgan fingerprint density at radius 1 is 1.07 bits per heavy atom. The van der Waals surface area contributed by atoms with Crippen LogP contribution >= 0.6 is 0 Å². The Morgan fingerprint density at radius 3 is 2.38 bits per heavy atom. The van der Waals surface area contributed by atoms with E-state index < -0.39 is 63.3 Å². The number of carbonyl (C=O) groups is 5. The molecule has 2 fully saturated rings. The van der Waals surface area contributed by atoms with Gasteiger partial charge in [0.2, 0.25) is 5.91 Å². The van der Waals surface area contributed by atoms with Crippen molar-refractivity contribution < 1.29 is 34.2 Å². The normalized spacial score (nSPS) is 33.4. The Hall–Kier alpha value is -3.76. The van der Waals surface area contributed by atoms with Crippen LogP contribution in [0.1, 0.15) is 47.4 Å². The first-order chi connectivity index (χ1) is 18.7. The minimum atomic E-state index is -2.81. The minimum absolute atomic E-state index is 0.00325. The van der Waals surface area contributed by atoms with Crippen LogP contribution < -0.4 is 5.73 Å². The van der Waals surface area contributed by atoms with Gasteiger partial charge in [-0.15, -0.1) is 0 Å². The van der Waals surface area contributed by atoms with Crippen molar-refractivity contribution in [2.45, 2.75) is 51.2 Å². The summed E-state index contributed by atoms with van der Waals surface area (Å²) in [4.78, 5) is 73.5. The van der Waals surface area contributed by atoms with E-state index in [2.05, 4.69) is 4.98 Å².